The SMILES string of the molecule is CN(C1CCOCC1)S(=O)(=O)N1CCC(CCl)CC1. The molecule has 19 heavy (non-hydrogen) atoms. The molecule has 0 aromatic carbocycles. The van der Waals surface area contributed by atoms with Gasteiger partial charge in [0, 0.05) is 45.3 Å². The number of alkyl halides is 1. The second-order valence-electron chi connectivity index (χ2n) is 5.36. The summed E-state index contributed by atoms with van der Waals surface area (Å²) in [5, 5.41) is 0. The molecule has 112 valence electrons. The van der Waals surface area contributed by atoms with E-state index in [9.17, 15) is 8.42 Å². The van der Waals surface area contributed by atoms with Crippen LogP contribution in [0.1, 0.15) is 25.7 Å². The molecule has 2 aliphatic heterocycles. The van der Waals surface area contributed by atoms with Gasteiger partial charge in [0.05, 0.1) is 0 Å². The lowest BCUT2D eigenvalue weighted by atomic mass is 10.0. The lowest BCUT2D eigenvalue weighted by molar-refractivity contribution is 0.0614. The van der Waals surface area contributed by atoms with Crippen molar-refractivity contribution in [1.29, 1.82) is 0 Å². The first kappa shape index (κ1) is 15.5. The molecule has 0 aromatic heterocycles. The maximum Gasteiger partial charge on any atom is 0.281 e. The molecule has 0 radical (unpaired) electrons. The van der Waals surface area contributed by atoms with Gasteiger partial charge in [-0.2, -0.15) is 17.0 Å². The Morgan fingerprint density at radius 2 is 1.79 bits per heavy atom. The van der Waals surface area contributed by atoms with Crippen molar-refractivity contribution in [1.82, 2.24) is 8.61 Å². The summed E-state index contributed by atoms with van der Waals surface area (Å²) >= 11 is 5.83. The molecule has 5 nitrogen and oxygen atoms in total. The molecule has 0 N–H and O–H groups in total. The van der Waals surface area contributed by atoms with Crippen molar-refractivity contribution in [3.05, 3.63) is 0 Å². The van der Waals surface area contributed by atoms with Gasteiger partial charge in [-0.3, -0.25) is 0 Å². The van der Waals surface area contributed by atoms with Crippen molar-refractivity contribution in [2.24, 2.45) is 5.92 Å². The highest BCUT2D eigenvalue weighted by Gasteiger charge is 2.34. The quantitative estimate of drug-likeness (QED) is 0.735. The highest BCUT2D eigenvalue weighted by Crippen LogP contribution is 2.24. The molecule has 2 aliphatic rings. The van der Waals surface area contributed by atoms with Crippen LogP contribution >= 0.6 is 11.6 Å². The van der Waals surface area contributed by atoms with Gasteiger partial charge in [0.25, 0.3) is 10.2 Å². The third-order valence-corrected chi connectivity index (χ3v) is 6.67. The van der Waals surface area contributed by atoms with Crippen molar-refractivity contribution >= 4 is 21.8 Å². The van der Waals surface area contributed by atoms with Gasteiger partial charge in [-0.05, 0) is 31.6 Å². The van der Waals surface area contributed by atoms with Gasteiger partial charge in [-0.15, -0.1) is 11.6 Å². The number of piperidine rings is 1. The van der Waals surface area contributed by atoms with Crippen molar-refractivity contribution in [2.75, 3.05) is 39.2 Å². The van der Waals surface area contributed by atoms with Gasteiger partial charge >= 0.3 is 0 Å². The molecular formula is C12H23ClN2O3S. The van der Waals surface area contributed by atoms with Crippen LogP contribution < -0.4 is 0 Å². The summed E-state index contributed by atoms with van der Waals surface area (Å²) in [5.74, 6) is 1.09. The van der Waals surface area contributed by atoms with E-state index in [-0.39, 0.29) is 6.04 Å². The number of nitrogens with zero attached hydrogens (tertiary/aromatic N) is 2. The van der Waals surface area contributed by atoms with Gasteiger partial charge in [-0.1, -0.05) is 0 Å². The highest BCUT2D eigenvalue weighted by atomic mass is 35.5. The first-order chi connectivity index (χ1) is 9.05. The standard InChI is InChI=1S/C12H23ClN2O3S/c1-14(12-4-8-18-9-5-12)19(16,17)15-6-2-11(10-13)3-7-15/h11-12H,2-10H2,1H3. The van der Waals surface area contributed by atoms with E-state index in [1.165, 1.54) is 4.31 Å². The zero-order chi connectivity index (χ0) is 13.9. The molecule has 0 aromatic rings. The average Bonchev–Trinajstić information content (AvgIpc) is 2.47. The largest absolute Gasteiger partial charge is 0.381 e. The molecule has 2 rings (SSSR count). The van der Waals surface area contributed by atoms with Crippen LogP contribution in [0, 0.1) is 5.92 Å². The van der Waals surface area contributed by atoms with Crippen molar-refractivity contribution in [3.8, 4) is 0 Å². The molecule has 0 atom stereocenters. The summed E-state index contributed by atoms with van der Waals surface area (Å²) in [6, 6.07) is 0.0736. The average molecular weight is 311 g/mol. The van der Waals surface area contributed by atoms with Gasteiger partial charge in [-0.25, -0.2) is 0 Å². The van der Waals surface area contributed by atoms with Crippen LogP contribution in [0.15, 0.2) is 0 Å². The Kier molecular flexibility index (Phi) is 5.48. The van der Waals surface area contributed by atoms with Crippen molar-refractivity contribution in [2.45, 2.75) is 31.7 Å². The predicted octanol–water partition coefficient (Wildman–Crippen LogP) is 1.29. The summed E-state index contributed by atoms with van der Waals surface area (Å²) in [6.45, 7) is 2.48. The summed E-state index contributed by atoms with van der Waals surface area (Å²) in [6.07, 6.45) is 3.30. The summed E-state index contributed by atoms with van der Waals surface area (Å²) in [7, 11) is -1.63. The minimum Gasteiger partial charge on any atom is -0.381 e. The Balaban J connectivity index is 1.97. The van der Waals surface area contributed by atoms with E-state index < -0.39 is 10.2 Å². The predicted molar refractivity (Wildman–Crippen MR) is 75.5 cm³/mol. The Hall–Kier alpha value is 0.120. The van der Waals surface area contributed by atoms with E-state index in [0.29, 0.717) is 38.1 Å². The maximum absolute atomic E-state index is 12.6. The Morgan fingerprint density at radius 1 is 1.21 bits per heavy atom. The highest BCUT2D eigenvalue weighted by molar-refractivity contribution is 7.86. The van der Waals surface area contributed by atoms with Crippen LogP contribution in [-0.2, 0) is 14.9 Å². The maximum atomic E-state index is 12.6. The lowest BCUT2D eigenvalue weighted by Gasteiger charge is -2.37. The summed E-state index contributed by atoms with van der Waals surface area (Å²) < 4.78 is 33.5. The Morgan fingerprint density at radius 3 is 2.32 bits per heavy atom. The third kappa shape index (κ3) is 3.61. The van der Waals surface area contributed by atoms with Crippen LogP contribution in [0.4, 0.5) is 0 Å². The smallest absolute Gasteiger partial charge is 0.281 e. The van der Waals surface area contributed by atoms with Crippen molar-refractivity contribution in [3.63, 3.8) is 0 Å². The second kappa shape index (κ2) is 6.72. The second-order valence-corrected chi connectivity index (χ2v) is 7.66. The normalized spacial score (nSPS) is 25.0. The fraction of sp³-hybridized carbons (Fsp3) is 1.00. The zero-order valence-electron chi connectivity index (χ0n) is 11.4. The summed E-state index contributed by atoms with van der Waals surface area (Å²) in [5.41, 5.74) is 0. The van der Waals surface area contributed by atoms with Crippen LogP contribution in [0.2, 0.25) is 0 Å². The van der Waals surface area contributed by atoms with Crippen LogP contribution in [0.3, 0.4) is 0 Å². The zero-order valence-corrected chi connectivity index (χ0v) is 13.0. The van der Waals surface area contributed by atoms with Crippen molar-refractivity contribution < 1.29 is 13.2 Å². The van der Waals surface area contributed by atoms with Gasteiger partial charge < -0.3 is 4.74 Å². The van der Waals surface area contributed by atoms with E-state index in [1.807, 2.05) is 0 Å². The van der Waals surface area contributed by atoms with E-state index in [1.54, 1.807) is 11.4 Å². The van der Waals surface area contributed by atoms with Gasteiger partial charge in [0.15, 0.2) is 0 Å². The number of hydrogen-bond donors (Lipinski definition) is 0. The van der Waals surface area contributed by atoms with E-state index in [0.717, 1.165) is 25.7 Å². The minimum absolute atomic E-state index is 0.0736. The molecule has 0 spiro atoms. The molecule has 2 fully saturated rings. The monoisotopic (exact) mass is 310 g/mol. The van der Waals surface area contributed by atoms with E-state index >= 15 is 0 Å². The molecule has 0 unspecified atom stereocenters. The first-order valence-electron chi connectivity index (χ1n) is 6.92. The molecule has 0 bridgehead atoms. The molecule has 7 heteroatoms. The van der Waals surface area contributed by atoms with Crippen LogP contribution in [-0.4, -0.2) is 62.3 Å². The first-order valence-corrected chi connectivity index (χ1v) is 8.85. The molecule has 0 amide bonds. The fourth-order valence-corrected chi connectivity index (χ4v) is 4.65. The van der Waals surface area contributed by atoms with Gasteiger partial charge in [0.1, 0.15) is 0 Å². The number of rotatable bonds is 4. The van der Waals surface area contributed by atoms with Crippen LogP contribution in [0.5, 0.6) is 0 Å². The number of ether oxygens (including phenoxy) is 1. The third-order valence-electron chi connectivity index (χ3n) is 4.19. The van der Waals surface area contributed by atoms with Gasteiger partial charge in [0.2, 0.25) is 0 Å². The minimum atomic E-state index is -3.33. The molecule has 0 aliphatic carbocycles. The fourth-order valence-electron chi connectivity index (χ4n) is 2.71. The lowest BCUT2D eigenvalue weighted by Crippen LogP contribution is -2.50. The molecule has 2 saturated heterocycles. The molecule has 2 heterocycles. The van der Waals surface area contributed by atoms with Crippen LogP contribution in [0.25, 0.3) is 0 Å². The molecule has 0 saturated carbocycles. The number of halogens is 1. The summed E-state index contributed by atoms with van der Waals surface area (Å²) in [4.78, 5) is 0. The Labute approximate surface area is 121 Å². The number of hydrogen-bond acceptors (Lipinski definition) is 3. The topological polar surface area (TPSA) is 49.9 Å². The van der Waals surface area contributed by atoms with E-state index in [2.05, 4.69) is 0 Å². The van der Waals surface area contributed by atoms with E-state index in [4.69, 9.17) is 16.3 Å². The molecular weight excluding hydrogens is 288 g/mol. The Bertz CT molecular complexity index is 376.